The third-order valence-electron chi connectivity index (χ3n) is 4.69. The lowest BCUT2D eigenvalue weighted by atomic mass is 10.1. The number of aromatic nitrogens is 3. The Labute approximate surface area is 182 Å². The third-order valence-corrected chi connectivity index (χ3v) is 4.69. The van der Waals surface area contributed by atoms with Crippen LogP contribution in [-0.2, 0) is 10.9 Å². The van der Waals surface area contributed by atoms with Gasteiger partial charge in [-0.3, -0.25) is 5.32 Å². The number of amides is 1. The Kier molecular flexibility index (Phi) is 5.20. The Morgan fingerprint density at radius 2 is 1.78 bits per heavy atom. The Morgan fingerprint density at radius 3 is 2.44 bits per heavy atom. The molecule has 0 fully saturated rings. The first-order chi connectivity index (χ1) is 15.0. The molecule has 2 heterocycles. The number of benzene rings is 2. The van der Waals surface area contributed by atoms with Crippen molar-refractivity contribution in [2.45, 2.75) is 32.5 Å². The van der Waals surface area contributed by atoms with Gasteiger partial charge in [0.05, 0.1) is 23.1 Å². The molecule has 6 nitrogen and oxygen atoms in total. The largest absolute Gasteiger partial charge is 0.444 e. The molecule has 2 N–H and O–H groups in total. The molecular weight excluding hydrogens is 421 g/mol. The maximum absolute atomic E-state index is 12.8. The Hall–Kier alpha value is -3.75. The fourth-order valence-corrected chi connectivity index (χ4v) is 3.23. The minimum absolute atomic E-state index is 0.513. The number of fused-ring (bicyclic) bond motifs is 1. The van der Waals surface area contributed by atoms with Crippen molar-refractivity contribution < 1.29 is 22.7 Å². The van der Waals surface area contributed by atoms with E-state index in [0.29, 0.717) is 11.4 Å². The molecule has 0 saturated carbocycles. The van der Waals surface area contributed by atoms with Crippen LogP contribution in [0.3, 0.4) is 0 Å². The van der Waals surface area contributed by atoms with E-state index in [2.05, 4.69) is 15.4 Å². The van der Waals surface area contributed by atoms with E-state index >= 15 is 0 Å². The summed E-state index contributed by atoms with van der Waals surface area (Å²) >= 11 is 0. The molecule has 166 valence electrons. The number of rotatable bonds is 3. The summed E-state index contributed by atoms with van der Waals surface area (Å²) in [6.45, 7) is 5.36. The number of aromatic amines is 1. The van der Waals surface area contributed by atoms with Crippen molar-refractivity contribution >= 4 is 22.7 Å². The van der Waals surface area contributed by atoms with Gasteiger partial charge in [-0.05, 0) is 62.7 Å². The predicted molar refractivity (Wildman–Crippen MR) is 116 cm³/mol. The zero-order valence-electron chi connectivity index (χ0n) is 17.6. The van der Waals surface area contributed by atoms with Gasteiger partial charge in [0.25, 0.3) is 0 Å². The summed E-state index contributed by atoms with van der Waals surface area (Å²) in [6, 6.07) is 10.5. The highest BCUT2D eigenvalue weighted by atomic mass is 19.4. The van der Waals surface area contributed by atoms with E-state index in [1.54, 1.807) is 39.4 Å². The van der Waals surface area contributed by atoms with Gasteiger partial charge in [-0.2, -0.15) is 18.3 Å². The van der Waals surface area contributed by atoms with E-state index in [0.717, 1.165) is 34.2 Å². The van der Waals surface area contributed by atoms with Crippen LogP contribution < -0.4 is 5.32 Å². The van der Waals surface area contributed by atoms with Crippen LogP contribution in [0.25, 0.3) is 27.7 Å². The summed E-state index contributed by atoms with van der Waals surface area (Å²) in [5.41, 5.74) is 2.20. The van der Waals surface area contributed by atoms with Crippen molar-refractivity contribution in [2.24, 2.45) is 0 Å². The summed E-state index contributed by atoms with van der Waals surface area (Å²) in [5, 5.41) is 7.80. The van der Waals surface area contributed by atoms with E-state index in [1.807, 2.05) is 18.2 Å². The van der Waals surface area contributed by atoms with E-state index in [9.17, 15) is 18.0 Å². The smallest absolute Gasteiger partial charge is 0.416 e. The standard InChI is InChI=1S/C23H21F3N4O2/c1-22(2,3)32-21(31)29-20-12-27-19-9-4-14(10-18(19)20)15-11-28-30(13-15)17-7-5-16(6-8-17)23(24,25)26/h4-13,27H,1-3H3,(H,29,31). The quantitative estimate of drug-likeness (QED) is 0.386. The SMILES string of the molecule is CC(C)(C)OC(=O)Nc1c[nH]c2ccc(-c3cnn(-c4ccc(C(F)(F)F)cc4)c3)cc12. The number of nitrogens with one attached hydrogen (secondary N) is 2. The normalized spacial score (nSPS) is 12.2. The van der Waals surface area contributed by atoms with Gasteiger partial charge in [0.1, 0.15) is 5.60 Å². The second-order valence-corrected chi connectivity index (χ2v) is 8.31. The number of carbonyl (C=O) groups excluding carboxylic acids is 1. The van der Waals surface area contributed by atoms with Gasteiger partial charge in [0.2, 0.25) is 0 Å². The fraction of sp³-hybridized carbons (Fsp3) is 0.217. The molecule has 0 aliphatic carbocycles. The number of halogens is 3. The number of alkyl halides is 3. The van der Waals surface area contributed by atoms with Crippen molar-refractivity contribution in [1.29, 1.82) is 0 Å². The molecule has 0 aliphatic heterocycles. The maximum atomic E-state index is 12.8. The molecule has 0 atom stereocenters. The van der Waals surface area contributed by atoms with Gasteiger partial charge in [0.15, 0.2) is 0 Å². The number of ether oxygens (including phenoxy) is 1. The Morgan fingerprint density at radius 1 is 1.06 bits per heavy atom. The lowest BCUT2D eigenvalue weighted by Gasteiger charge is -2.19. The van der Waals surface area contributed by atoms with Crippen LogP contribution in [0.15, 0.2) is 61.1 Å². The molecule has 9 heteroatoms. The van der Waals surface area contributed by atoms with E-state index in [4.69, 9.17) is 4.74 Å². The topological polar surface area (TPSA) is 71.9 Å². The van der Waals surface area contributed by atoms with Crippen LogP contribution in [0.4, 0.5) is 23.7 Å². The molecule has 0 saturated heterocycles. The second kappa shape index (κ2) is 7.74. The second-order valence-electron chi connectivity index (χ2n) is 8.31. The van der Waals surface area contributed by atoms with Gasteiger partial charge < -0.3 is 9.72 Å². The minimum atomic E-state index is -4.38. The maximum Gasteiger partial charge on any atom is 0.416 e. The monoisotopic (exact) mass is 442 g/mol. The van der Waals surface area contributed by atoms with Crippen LogP contribution in [0.5, 0.6) is 0 Å². The predicted octanol–water partition coefficient (Wildman–Crippen LogP) is 6.39. The van der Waals surface area contributed by atoms with E-state index in [1.165, 1.54) is 16.8 Å². The number of carbonyl (C=O) groups is 1. The van der Waals surface area contributed by atoms with Crippen molar-refractivity contribution in [3.63, 3.8) is 0 Å². The average molecular weight is 442 g/mol. The summed E-state index contributed by atoms with van der Waals surface area (Å²) in [6.07, 6.45) is 0.109. The number of nitrogens with zero attached hydrogens (tertiary/aromatic N) is 2. The highest BCUT2D eigenvalue weighted by Crippen LogP contribution is 2.31. The van der Waals surface area contributed by atoms with Crippen LogP contribution in [-0.4, -0.2) is 26.5 Å². The zero-order chi connectivity index (χ0) is 23.1. The first-order valence-electron chi connectivity index (χ1n) is 9.83. The van der Waals surface area contributed by atoms with Crippen LogP contribution in [0.1, 0.15) is 26.3 Å². The fourth-order valence-electron chi connectivity index (χ4n) is 3.23. The molecule has 32 heavy (non-hydrogen) atoms. The third kappa shape index (κ3) is 4.61. The molecule has 0 radical (unpaired) electrons. The van der Waals surface area contributed by atoms with Crippen LogP contribution in [0.2, 0.25) is 0 Å². The lowest BCUT2D eigenvalue weighted by molar-refractivity contribution is -0.137. The summed E-state index contributed by atoms with van der Waals surface area (Å²) in [5.74, 6) is 0. The molecule has 2 aromatic heterocycles. The van der Waals surface area contributed by atoms with Gasteiger partial charge in [-0.1, -0.05) is 6.07 Å². The number of hydrogen-bond acceptors (Lipinski definition) is 3. The average Bonchev–Trinajstić information content (AvgIpc) is 3.33. The van der Waals surface area contributed by atoms with Crippen molar-refractivity contribution in [3.8, 4) is 16.8 Å². The highest BCUT2D eigenvalue weighted by Gasteiger charge is 2.30. The summed E-state index contributed by atoms with van der Waals surface area (Å²) in [4.78, 5) is 15.2. The number of H-pyrrole nitrogens is 1. The van der Waals surface area contributed by atoms with Crippen molar-refractivity contribution in [1.82, 2.24) is 14.8 Å². The summed E-state index contributed by atoms with van der Waals surface area (Å²) < 4.78 is 45.2. The zero-order valence-corrected chi connectivity index (χ0v) is 17.6. The Bertz CT molecular complexity index is 1270. The lowest BCUT2D eigenvalue weighted by Crippen LogP contribution is -2.27. The van der Waals surface area contributed by atoms with E-state index in [-0.39, 0.29) is 0 Å². The number of hydrogen-bond donors (Lipinski definition) is 2. The van der Waals surface area contributed by atoms with Gasteiger partial charge in [-0.15, -0.1) is 0 Å². The molecular formula is C23H21F3N4O2. The van der Waals surface area contributed by atoms with Gasteiger partial charge >= 0.3 is 12.3 Å². The first-order valence-corrected chi connectivity index (χ1v) is 9.83. The molecule has 0 bridgehead atoms. The highest BCUT2D eigenvalue weighted by molar-refractivity contribution is 6.01. The van der Waals surface area contributed by atoms with Gasteiger partial charge in [-0.25, -0.2) is 9.48 Å². The van der Waals surface area contributed by atoms with Crippen molar-refractivity contribution in [2.75, 3.05) is 5.32 Å². The van der Waals surface area contributed by atoms with E-state index < -0.39 is 23.4 Å². The first kappa shape index (κ1) is 21.5. The molecule has 0 unspecified atom stereocenters. The minimum Gasteiger partial charge on any atom is -0.444 e. The van der Waals surface area contributed by atoms with Crippen LogP contribution in [0, 0.1) is 0 Å². The van der Waals surface area contributed by atoms with Gasteiger partial charge in [0, 0.05) is 28.9 Å². The molecule has 0 spiro atoms. The van der Waals surface area contributed by atoms with Crippen LogP contribution >= 0.6 is 0 Å². The number of anilines is 1. The molecule has 0 aliphatic rings. The molecule has 1 amide bonds. The molecule has 2 aromatic carbocycles. The Balaban J connectivity index is 1.59. The van der Waals surface area contributed by atoms with Crippen molar-refractivity contribution in [3.05, 3.63) is 66.6 Å². The molecule has 4 rings (SSSR count). The molecule has 4 aromatic rings. The summed E-state index contributed by atoms with van der Waals surface area (Å²) in [7, 11) is 0.